The van der Waals surface area contributed by atoms with Crippen molar-refractivity contribution >= 4 is 0 Å². The van der Waals surface area contributed by atoms with E-state index in [1.807, 2.05) is 6.07 Å². The van der Waals surface area contributed by atoms with Gasteiger partial charge in [-0.1, -0.05) is 68.4 Å². The maximum absolute atomic E-state index is 6.02. The van der Waals surface area contributed by atoms with Gasteiger partial charge in [0.15, 0.2) is 0 Å². The minimum Gasteiger partial charge on any atom is -0.371 e. The average molecular weight is 281 g/mol. The number of benzene rings is 2. The lowest BCUT2D eigenvalue weighted by Gasteiger charge is -2.32. The lowest BCUT2D eigenvalue weighted by molar-refractivity contribution is -0.00710. The molecule has 3 rings (SSSR count). The van der Waals surface area contributed by atoms with Gasteiger partial charge >= 0.3 is 0 Å². The lowest BCUT2D eigenvalue weighted by Crippen LogP contribution is -2.45. The van der Waals surface area contributed by atoms with Gasteiger partial charge in [0, 0.05) is 12.6 Å². The Hall–Kier alpha value is -1.64. The fourth-order valence-electron chi connectivity index (χ4n) is 2.76. The molecule has 21 heavy (non-hydrogen) atoms. The van der Waals surface area contributed by atoms with Crippen molar-refractivity contribution in [2.24, 2.45) is 5.92 Å². The summed E-state index contributed by atoms with van der Waals surface area (Å²) < 4.78 is 6.02. The Balaban J connectivity index is 1.68. The van der Waals surface area contributed by atoms with Gasteiger partial charge in [-0.3, -0.25) is 0 Å². The molecule has 1 saturated heterocycles. The fraction of sp³-hybridized carbons (Fsp3) is 0.368. The predicted octanol–water partition coefficient (Wildman–Crippen LogP) is 4.04. The minimum absolute atomic E-state index is 0.171. The molecule has 2 aromatic carbocycles. The van der Waals surface area contributed by atoms with Crippen molar-refractivity contribution in [2.45, 2.75) is 26.0 Å². The monoisotopic (exact) mass is 281 g/mol. The molecule has 2 heteroatoms. The van der Waals surface area contributed by atoms with Crippen LogP contribution in [0.15, 0.2) is 54.6 Å². The molecule has 0 amide bonds. The highest BCUT2D eigenvalue weighted by Gasteiger charge is 2.23. The Morgan fingerprint density at radius 3 is 2.19 bits per heavy atom. The molecule has 1 aliphatic rings. The maximum Gasteiger partial charge on any atom is 0.0950 e. The largest absolute Gasteiger partial charge is 0.371 e. The lowest BCUT2D eigenvalue weighted by atomic mass is 9.99. The molecule has 1 aliphatic heterocycles. The third-order valence-corrected chi connectivity index (χ3v) is 4.24. The molecule has 2 aromatic rings. The normalized spacial score (nSPS) is 22.4. The van der Waals surface area contributed by atoms with E-state index in [9.17, 15) is 0 Å². The second kappa shape index (κ2) is 6.42. The molecule has 0 aromatic heterocycles. The van der Waals surface area contributed by atoms with Crippen LogP contribution in [0.5, 0.6) is 0 Å². The highest BCUT2D eigenvalue weighted by atomic mass is 16.5. The van der Waals surface area contributed by atoms with Crippen molar-refractivity contribution in [3.63, 3.8) is 0 Å². The Kier molecular flexibility index (Phi) is 4.37. The minimum atomic E-state index is 0.171. The first-order valence-corrected chi connectivity index (χ1v) is 7.74. The van der Waals surface area contributed by atoms with Crippen LogP contribution in [0, 0.1) is 5.92 Å². The zero-order valence-electron chi connectivity index (χ0n) is 12.8. The van der Waals surface area contributed by atoms with Crippen LogP contribution in [0.25, 0.3) is 11.1 Å². The molecule has 0 spiro atoms. The summed E-state index contributed by atoms with van der Waals surface area (Å²) in [7, 11) is 0. The quantitative estimate of drug-likeness (QED) is 0.917. The van der Waals surface area contributed by atoms with E-state index in [2.05, 4.69) is 67.7 Å². The number of hydrogen-bond donors (Lipinski definition) is 1. The molecule has 0 radical (unpaired) electrons. The molecular formula is C19H23NO. The van der Waals surface area contributed by atoms with Gasteiger partial charge in [-0.05, 0) is 22.6 Å². The number of hydrogen-bond acceptors (Lipinski definition) is 2. The third kappa shape index (κ3) is 3.34. The highest BCUT2D eigenvalue weighted by Crippen LogP contribution is 2.25. The van der Waals surface area contributed by atoms with E-state index in [1.165, 1.54) is 16.7 Å². The highest BCUT2D eigenvalue weighted by molar-refractivity contribution is 5.63. The molecular weight excluding hydrogens is 258 g/mol. The molecule has 110 valence electrons. The van der Waals surface area contributed by atoms with Crippen LogP contribution in [-0.2, 0) is 4.74 Å². The molecule has 0 bridgehead atoms. The SMILES string of the molecule is CC(C)C1COC(c2ccc(-c3ccccc3)cc2)CN1. The van der Waals surface area contributed by atoms with Gasteiger partial charge in [0.05, 0.1) is 12.7 Å². The van der Waals surface area contributed by atoms with Crippen molar-refractivity contribution < 1.29 is 4.74 Å². The Bertz CT molecular complexity index is 554. The van der Waals surface area contributed by atoms with Crippen LogP contribution >= 0.6 is 0 Å². The fourth-order valence-corrected chi connectivity index (χ4v) is 2.76. The van der Waals surface area contributed by atoms with Gasteiger partial charge in [0.1, 0.15) is 0 Å². The molecule has 0 saturated carbocycles. The van der Waals surface area contributed by atoms with Crippen molar-refractivity contribution in [1.29, 1.82) is 0 Å². The van der Waals surface area contributed by atoms with Crippen LogP contribution in [-0.4, -0.2) is 19.2 Å². The summed E-state index contributed by atoms with van der Waals surface area (Å²) in [6.07, 6.45) is 0.171. The smallest absolute Gasteiger partial charge is 0.0950 e. The van der Waals surface area contributed by atoms with Gasteiger partial charge in [-0.2, -0.15) is 0 Å². The number of nitrogens with one attached hydrogen (secondary N) is 1. The van der Waals surface area contributed by atoms with E-state index in [0.29, 0.717) is 12.0 Å². The standard InChI is InChI=1S/C19H23NO/c1-14(2)18-13-21-19(12-20-18)17-10-8-16(9-11-17)15-6-4-3-5-7-15/h3-11,14,18-20H,12-13H2,1-2H3. The van der Waals surface area contributed by atoms with Gasteiger partial charge < -0.3 is 10.1 Å². The van der Waals surface area contributed by atoms with Crippen molar-refractivity contribution in [3.05, 3.63) is 60.2 Å². The molecule has 2 unspecified atom stereocenters. The first kappa shape index (κ1) is 14.3. The number of morpholine rings is 1. The van der Waals surface area contributed by atoms with Crippen LogP contribution in [0.2, 0.25) is 0 Å². The molecule has 1 fully saturated rings. The molecule has 2 nitrogen and oxygen atoms in total. The molecule has 2 atom stereocenters. The van der Waals surface area contributed by atoms with Gasteiger partial charge in [0.2, 0.25) is 0 Å². The maximum atomic E-state index is 6.02. The first-order valence-electron chi connectivity index (χ1n) is 7.74. The Labute approximate surface area is 127 Å². The molecule has 1 heterocycles. The number of rotatable bonds is 3. The topological polar surface area (TPSA) is 21.3 Å². The first-order chi connectivity index (χ1) is 10.2. The Morgan fingerprint density at radius 1 is 0.952 bits per heavy atom. The van der Waals surface area contributed by atoms with Crippen molar-refractivity contribution in [3.8, 4) is 11.1 Å². The summed E-state index contributed by atoms with van der Waals surface area (Å²) in [5.41, 5.74) is 3.76. The van der Waals surface area contributed by atoms with Gasteiger partial charge in [0.25, 0.3) is 0 Å². The van der Waals surface area contributed by atoms with Crippen LogP contribution in [0.1, 0.15) is 25.5 Å². The van der Waals surface area contributed by atoms with Crippen LogP contribution in [0.3, 0.4) is 0 Å². The summed E-state index contributed by atoms with van der Waals surface area (Å²) in [6.45, 7) is 6.16. The zero-order valence-corrected chi connectivity index (χ0v) is 12.8. The van der Waals surface area contributed by atoms with E-state index in [4.69, 9.17) is 4.74 Å². The summed E-state index contributed by atoms with van der Waals surface area (Å²) in [6, 6.07) is 19.7. The molecule has 0 aliphatic carbocycles. The zero-order chi connectivity index (χ0) is 14.7. The summed E-state index contributed by atoms with van der Waals surface area (Å²) in [4.78, 5) is 0. The number of ether oxygens (including phenoxy) is 1. The Morgan fingerprint density at radius 2 is 1.62 bits per heavy atom. The predicted molar refractivity (Wildman–Crippen MR) is 87.2 cm³/mol. The van der Waals surface area contributed by atoms with Crippen LogP contribution < -0.4 is 5.32 Å². The summed E-state index contributed by atoms with van der Waals surface area (Å²) in [5.74, 6) is 0.617. The summed E-state index contributed by atoms with van der Waals surface area (Å²) in [5, 5.41) is 3.59. The van der Waals surface area contributed by atoms with E-state index in [1.54, 1.807) is 0 Å². The second-order valence-electron chi connectivity index (χ2n) is 6.07. The third-order valence-electron chi connectivity index (χ3n) is 4.24. The molecule has 1 N–H and O–H groups in total. The van der Waals surface area contributed by atoms with Gasteiger partial charge in [-0.15, -0.1) is 0 Å². The van der Waals surface area contributed by atoms with E-state index < -0.39 is 0 Å². The summed E-state index contributed by atoms with van der Waals surface area (Å²) >= 11 is 0. The van der Waals surface area contributed by atoms with E-state index in [-0.39, 0.29) is 6.10 Å². The van der Waals surface area contributed by atoms with Crippen molar-refractivity contribution in [1.82, 2.24) is 5.32 Å². The van der Waals surface area contributed by atoms with Crippen molar-refractivity contribution in [2.75, 3.05) is 13.2 Å². The van der Waals surface area contributed by atoms with Crippen LogP contribution in [0.4, 0.5) is 0 Å². The average Bonchev–Trinajstić information content (AvgIpc) is 2.56. The van der Waals surface area contributed by atoms with E-state index >= 15 is 0 Å². The van der Waals surface area contributed by atoms with Gasteiger partial charge in [-0.25, -0.2) is 0 Å². The second-order valence-corrected chi connectivity index (χ2v) is 6.07. The van der Waals surface area contributed by atoms with E-state index in [0.717, 1.165) is 13.2 Å².